The maximum atomic E-state index is 5.19. The fourth-order valence-corrected chi connectivity index (χ4v) is 2.17. The van der Waals surface area contributed by atoms with E-state index in [-0.39, 0.29) is 0 Å². The monoisotopic (exact) mass is 297 g/mol. The largest absolute Gasteiger partial charge is 0.383 e. The number of ether oxygens (including phenoxy) is 1. The Morgan fingerprint density at radius 2 is 2.19 bits per heavy atom. The van der Waals surface area contributed by atoms with Crippen LogP contribution < -0.4 is 5.32 Å². The molecule has 0 aliphatic heterocycles. The van der Waals surface area contributed by atoms with Gasteiger partial charge in [-0.3, -0.25) is 9.58 Å². The van der Waals surface area contributed by atoms with Crippen LogP contribution >= 0.6 is 0 Å². The second-order valence-corrected chi connectivity index (χ2v) is 5.44. The van der Waals surface area contributed by atoms with Gasteiger partial charge in [0.25, 0.3) is 0 Å². The number of hydrogen-bond acceptors (Lipinski definition) is 5. The summed E-state index contributed by atoms with van der Waals surface area (Å²) >= 11 is 0. The Bertz CT molecular complexity index is 369. The highest BCUT2D eigenvalue weighted by atomic mass is 16.5. The van der Waals surface area contributed by atoms with Crippen LogP contribution in [0, 0.1) is 0 Å². The van der Waals surface area contributed by atoms with Crippen molar-refractivity contribution in [2.75, 3.05) is 33.4 Å². The third kappa shape index (κ3) is 7.02. The maximum absolute atomic E-state index is 5.19. The third-order valence-corrected chi connectivity index (χ3v) is 3.73. The zero-order chi connectivity index (χ0) is 15.5. The highest BCUT2D eigenvalue weighted by Crippen LogP contribution is 2.04. The molecule has 1 heterocycles. The molecule has 1 aromatic rings. The average Bonchev–Trinajstić information content (AvgIpc) is 2.95. The lowest BCUT2D eigenvalue weighted by molar-refractivity contribution is 0.119. The van der Waals surface area contributed by atoms with Crippen molar-refractivity contribution in [3.05, 3.63) is 11.9 Å². The van der Waals surface area contributed by atoms with E-state index in [0.29, 0.717) is 6.04 Å². The van der Waals surface area contributed by atoms with Gasteiger partial charge in [0.05, 0.1) is 18.8 Å². The van der Waals surface area contributed by atoms with Crippen LogP contribution in [0.25, 0.3) is 0 Å². The van der Waals surface area contributed by atoms with E-state index in [1.807, 2.05) is 10.9 Å². The van der Waals surface area contributed by atoms with Gasteiger partial charge in [0.15, 0.2) is 0 Å². The van der Waals surface area contributed by atoms with Gasteiger partial charge in [0.1, 0.15) is 0 Å². The molecule has 0 saturated heterocycles. The number of nitrogens with one attached hydrogen (secondary N) is 1. The lowest BCUT2D eigenvalue weighted by atomic mass is 10.2. The van der Waals surface area contributed by atoms with E-state index in [2.05, 4.69) is 41.3 Å². The second kappa shape index (κ2) is 10.7. The van der Waals surface area contributed by atoms with Gasteiger partial charge in [-0.05, 0) is 26.3 Å². The number of hydrogen-bond donors (Lipinski definition) is 1. The van der Waals surface area contributed by atoms with Gasteiger partial charge < -0.3 is 10.1 Å². The fraction of sp³-hybridized carbons (Fsp3) is 0.867. The minimum atomic E-state index is 0.564. The van der Waals surface area contributed by atoms with E-state index >= 15 is 0 Å². The topological polar surface area (TPSA) is 55.2 Å². The van der Waals surface area contributed by atoms with Crippen molar-refractivity contribution < 1.29 is 4.74 Å². The second-order valence-electron chi connectivity index (χ2n) is 5.44. The summed E-state index contributed by atoms with van der Waals surface area (Å²) in [6.45, 7) is 12.0. The van der Waals surface area contributed by atoms with Crippen LogP contribution in [-0.2, 0) is 17.8 Å². The van der Waals surface area contributed by atoms with E-state index in [4.69, 9.17) is 4.74 Å². The lowest BCUT2D eigenvalue weighted by Gasteiger charge is -2.27. The van der Waals surface area contributed by atoms with Crippen molar-refractivity contribution in [3.63, 3.8) is 0 Å². The molecule has 122 valence electrons. The van der Waals surface area contributed by atoms with Crippen molar-refractivity contribution >= 4 is 0 Å². The summed E-state index contributed by atoms with van der Waals surface area (Å²) in [6.07, 6.45) is 4.32. The Hall–Kier alpha value is -0.980. The van der Waals surface area contributed by atoms with E-state index < -0.39 is 0 Å². The smallest absolute Gasteiger partial charge is 0.0964 e. The first kappa shape index (κ1) is 18.1. The summed E-state index contributed by atoms with van der Waals surface area (Å²) in [4.78, 5) is 2.44. The molecule has 0 bridgehead atoms. The standard InChI is InChI=1S/C15H31N5O/c1-5-7-16-12-15-13-20(18-17-15)9-8-19(10-11-21-4)14(3)6-2/h13-14,16H,5-12H2,1-4H3. The Kier molecular flexibility index (Phi) is 9.21. The zero-order valence-electron chi connectivity index (χ0n) is 14.0. The van der Waals surface area contributed by atoms with E-state index in [1.165, 1.54) is 0 Å². The molecule has 0 amide bonds. The van der Waals surface area contributed by atoms with Gasteiger partial charge in [0.2, 0.25) is 0 Å². The number of rotatable bonds is 12. The first-order valence-electron chi connectivity index (χ1n) is 8.03. The van der Waals surface area contributed by atoms with Gasteiger partial charge >= 0.3 is 0 Å². The van der Waals surface area contributed by atoms with Crippen LogP contribution in [0.3, 0.4) is 0 Å². The molecule has 1 N–H and O–H groups in total. The molecular weight excluding hydrogens is 266 g/mol. The van der Waals surface area contributed by atoms with Crippen molar-refractivity contribution in [1.29, 1.82) is 0 Å². The molecule has 21 heavy (non-hydrogen) atoms. The normalized spacial score (nSPS) is 13.0. The summed E-state index contributed by atoms with van der Waals surface area (Å²) in [5.41, 5.74) is 1.01. The van der Waals surface area contributed by atoms with Gasteiger partial charge in [0, 0.05) is 39.0 Å². The van der Waals surface area contributed by atoms with Crippen LogP contribution in [0.15, 0.2) is 6.20 Å². The first-order valence-corrected chi connectivity index (χ1v) is 8.03. The highest BCUT2D eigenvalue weighted by molar-refractivity contribution is 4.91. The summed E-state index contributed by atoms with van der Waals surface area (Å²) in [5.74, 6) is 0. The minimum Gasteiger partial charge on any atom is -0.383 e. The van der Waals surface area contributed by atoms with Crippen LogP contribution in [0.5, 0.6) is 0 Å². The molecule has 0 spiro atoms. The molecule has 1 aromatic heterocycles. The van der Waals surface area contributed by atoms with Gasteiger partial charge in [-0.25, -0.2) is 0 Å². The molecule has 0 saturated carbocycles. The SMILES string of the molecule is CCCNCc1cn(CCN(CCOC)C(C)CC)nn1. The molecule has 1 rings (SSSR count). The fourth-order valence-electron chi connectivity index (χ4n) is 2.17. The van der Waals surface area contributed by atoms with Crippen LogP contribution in [0.4, 0.5) is 0 Å². The molecule has 0 fully saturated rings. The van der Waals surface area contributed by atoms with E-state index in [0.717, 1.165) is 57.9 Å². The van der Waals surface area contributed by atoms with Crippen LogP contribution in [0.2, 0.25) is 0 Å². The molecule has 0 aromatic carbocycles. The van der Waals surface area contributed by atoms with Crippen molar-refractivity contribution in [3.8, 4) is 0 Å². The zero-order valence-corrected chi connectivity index (χ0v) is 14.0. The Morgan fingerprint density at radius 1 is 1.38 bits per heavy atom. The number of aromatic nitrogens is 3. The third-order valence-electron chi connectivity index (χ3n) is 3.73. The molecular formula is C15H31N5O. The number of methoxy groups -OCH3 is 1. The van der Waals surface area contributed by atoms with Gasteiger partial charge in [-0.2, -0.15) is 0 Å². The first-order chi connectivity index (χ1) is 10.2. The average molecular weight is 297 g/mol. The van der Waals surface area contributed by atoms with Crippen molar-refractivity contribution in [2.45, 2.75) is 52.7 Å². The van der Waals surface area contributed by atoms with Crippen molar-refractivity contribution in [1.82, 2.24) is 25.2 Å². The Balaban J connectivity index is 2.40. The quantitative estimate of drug-likeness (QED) is 0.593. The predicted molar refractivity (Wildman–Crippen MR) is 85.2 cm³/mol. The van der Waals surface area contributed by atoms with Gasteiger partial charge in [-0.15, -0.1) is 5.10 Å². The molecule has 6 heteroatoms. The Morgan fingerprint density at radius 3 is 2.86 bits per heavy atom. The minimum absolute atomic E-state index is 0.564. The molecule has 0 radical (unpaired) electrons. The molecule has 0 aliphatic rings. The lowest BCUT2D eigenvalue weighted by Crippen LogP contribution is -2.37. The molecule has 1 atom stereocenters. The van der Waals surface area contributed by atoms with Crippen LogP contribution in [-0.4, -0.2) is 59.3 Å². The van der Waals surface area contributed by atoms with E-state index in [1.54, 1.807) is 7.11 Å². The van der Waals surface area contributed by atoms with Crippen LogP contribution in [0.1, 0.15) is 39.3 Å². The van der Waals surface area contributed by atoms with E-state index in [9.17, 15) is 0 Å². The predicted octanol–water partition coefficient (Wildman–Crippen LogP) is 1.52. The highest BCUT2D eigenvalue weighted by Gasteiger charge is 2.12. The summed E-state index contributed by atoms with van der Waals surface area (Å²) < 4.78 is 7.13. The van der Waals surface area contributed by atoms with Crippen molar-refractivity contribution in [2.24, 2.45) is 0 Å². The summed E-state index contributed by atoms with van der Waals surface area (Å²) in [6, 6.07) is 0.564. The van der Waals surface area contributed by atoms with Gasteiger partial charge in [-0.1, -0.05) is 19.1 Å². The molecule has 6 nitrogen and oxygen atoms in total. The molecule has 0 aliphatic carbocycles. The molecule has 1 unspecified atom stereocenters. The number of nitrogens with zero attached hydrogens (tertiary/aromatic N) is 4. The summed E-state index contributed by atoms with van der Waals surface area (Å²) in [7, 11) is 1.75. The maximum Gasteiger partial charge on any atom is 0.0964 e. The summed E-state index contributed by atoms with van der Waals surface area (Å²) in [5, 5.41) is 11.7. The Labute approximate surface area is 128 Å².